The second-order valence-corrected chi connectivity index (χ2v) is 5.62. The lowest BCUT2D eigenvalue weighted by Crippen LogP contribution is -2.38. The van der Waals surface area contributed by atoms with Gasteiger partial charge in [0.15, 0.2) is 0 Å². The van der Waals surface area contributed by atoms with Crippen molar-refractivity contribution in [3.05, 3.63) is 21.4 Å². The van der Waals surface area contributed by atoms with Gasteiger partial charge in [-0.2, -0.15) is 0 Å². The number of carbonyl (C=O) groups is 2. The molecule has 0 saturated carbocycles. The van der Waals surface area contributed by atoms with Crippen LogP contribution >= 0.6 is 11.3 Å². The van der Waals surface area contributed by atoms with Crippen LogP contribution in [-0.4, -0.2) is 25.0 Å². The molecule has 1 aliphatic rings. The minimum atomic E-state index is -0.610. The standard InChI is InChI=1S/C13H17NO3S/c1-8(13(16)17-2)14-12(15)11-7-9-5-3-4-6-10(9)18-11/h7-8H,3-6H2,1-2H3,(H,14,15)/t8-/m0/s1. The van der Waals surface area contributed by atoms with Gasteiger partial charge in [-0.05, 0) is 44.2 Å². The molecule has 98 valence electrons. The van der Waals surface area contributed by atoms with E-state index in [0.29, 0.717) is 4.88 Å². The maximum absolute atomic E-state index is 12.0. The monoisotopic (exact) mass is 267 g/mol. The third-order valence-corrected chi connectivity index (χ3v) is 4.36. The number of rotatable bonds is 3. The fourth-order valence-corrected chi connectivity index (χ4v) is 3.26. The summed E-state index contributed by atoms with van der Waals surface area (Å²) in [6, 6.07) is 1.35. The second-order valence-electron chi connectivity index (χ2n) is 4.48. The van der Waals surface area contributed by atoms with Crippen molar-refractivity contribution in [3.63, 3.8) is 0 Å². The van der Waals surface area contributed by atoms with Crippen molar-refractivity contribution in [1.82, 2.24) is 5.32 Å². The van der Waals surface area contributed by atoms with Crippen molar-refractivity contribution in [3.8, 4) is 0 Å². The van der Waals surface area contributed by atoms with Gasteiger partial charge in [0.25, 0.3) is 5.91 Å². The molecule has 1 atom stereocenters. The van der Waals surface area contributed by atoms with E-state index in [1.807, 2.05) is 6.07 Å². The van der Waals surface area contributed by atoms with E-state index in [-0.39, 0.29) is 5.91 Å². The first kappa shape index (κ1) is 13.1. The highest BCUT2D eigenvalue weighted by Gasteiger charge is 2.20. The molecule has 0 aromatic carbocycles. The summed E-state index contributed by atoms with van der Waals surface area (Å²) in [6.45, 7) is 1.62. The molecule has 0 spiro atoms. The van der Waals surface area contributed by atoms with Gasteiger partial charge in [-0.25, -0.2) is 4.79 Å². The fourth-order valence-electron chi connectivity index (χ4n) is 2.11. The Morgan fingerprint density at radius 1 is 1.39 bits per heavy atom. The Hall–Kier alpha value is -1.36. The predicted molar refractivity (Wildman–Crippen MR) is 69.9 cm³/mol. The van der Waals surface area contributed by atoms with Crippen LogP contribution in [0, 0.1) is 0 Å². The molecule has 1 amide bonds. The molecular weight excluding hydrogens is 250 g/mol. The van der Waals surface area contributed by atoms with Crippen molar-refractivity contribution in [1.29, 1.82) is 0 Å². The number of amides is 1. The van der Waals surface area contributed by atoms with E-state index >= 15 is 0 Å². The number of thiophene rings is 1. The molecule has 2 rings (SSSR count). The van der Waals surface area contributed by atoms with Crippen LogP contribution in [0.15, 0.2) is 6.07 Å². The number of nitrogens with one attached hydrogen (secondary N) is 1. The molecule has 0 bridgehead atoms. The molecule has 0 radical (unpaired) electrons. The lowest BCUT2D eigenvalue weighted by molar-refractivity contribution is -0.142. The van der Waals surface area contributed by atoms with Gasteiger partial charge < -0.3 is 10.1 Å². The Morgan fingerprint density at radius 3 is 2.78 bits per heavy atom. The van der Waals surface area contributed by atoms with E-state index in [1.165, 1.54) is 30.4 Å². The topological polar surface area (TPSA) is 55.4 Å². The fraction of sp³-hybridized carbons (Fsp3) is 0.538. The molecule has 1 aliphatic carbocycles. The summed E-state index contributed by atoms with van der Waals surface area (Å²) in [7, 11) is 1.31. The summed E-state index contributed by atoms with van der Waals surface area (Å²) >= 11 is 1.54. The van der Waals surface area contributed by atoms with Crippen LogP contribution in [0.1, 0.15) is 39.9 Å². The minimum absolute atomic E-state index is 0.188. The number of esters is 1. The zero-order valence-corrected chi connectivity index (χ0v) is 11.4. The van der Waals surface area contributed by atoms with Crippen molar-refractivity contribution in [2.75, 3.05) is 7.11 Å². The molecule has 1 aromatic heterocycles. The number of fused-ring (bicyclic) bond motifs is 1. The Bertz CT molecular complexity index is 443. The highest BCUT2D eigenvalue weighted by molar-refractivity contribution is 7.14. The van der Waals surface area contributed by atoms with Gasteiger partial charge in [-0.15, -0.1) is 11.3 Å². The third kappa shape index (κ3) is 2.72. The number of methoxy groups -OCH3 is 1. The van der Waals surface area contributed by atoms with Gasteiger partial charge in [0, 0.05) is 4.88 Å². The normalized spacial score (nSPS) is 15.7. The summed E-state index contributed by atoms with van der Waals surface area (Å²) in [5.74, 6) is -0.614. The number of carbonyl (C=O) groups excluding carboxylic acids is 2. The van der Waals surface area contributed by atoms with Gasteiger partial charge in [-0.1, -0.05) is 0 Å². The van der Waals surface area contributed by atoms with Crippen molar-refractivity contribution in [2.24, 2.45) is 0 Å². The van der Waals surface area contributed by atoms with E-state index in [1.54, 1.807) is 18.3 Å². The summed E-state index contributed by atoms with van der Waals surface area (Å²) in [5.41, 5.74) is 1.29. The first-order valence-corrected chi connectivity index (χ1v) is 6.93. The smallest absolute Gasteiger partial charge is 0.328 e. The maximum Gasteiger partial charge on any atom is 0.328 e. The van der Waals surface area contributed by atoms with Crippen LogP contribution in [-0.2, 0) is 22.4 Å². The molecule has 18 heavy (non-hydrogen) atoms. The molecule has 1 heterocycles. The maximum atomic E-state index is 12.0. The van der Waals surface area contributed by atoms with E-state index in [4.69, 9.17) is 0 Å². The Labute approximate surface area is 110 Å². The van der Waals surface area contributed by atoms with Crippen LogP contribution in [0.3, 0.4) is 0 Å². The van der Waals surface area contributed by atoms with Crippen LogP contribution < -0.4 is 5.32 Å². The average Bonchev–Trinajstić information content (AvgIpc) is 2.81. The van der Waals surface area contributed by atoms with Gasteiger partial charge in [0.2, 0.25) is 0 Å². The highest BCUT2D eigenvalue weighted by Crippen LogP contribution is 2.29. The number of ether oxygens (including phenoxy) is 1. The summed E-state index contributed by atoms with van der Waals surface area (Å²) in [6.07, 6.45) is 4.53. The quantitative estimate of drug-likeness (QED) is 0.851. The molecule has 1 aromatic rings. The molecule has 0 aliphatic heterocycles. The van der Waals surface area contributed by atoms with Crippen molar-refractivity contribution < 1.29 is 14.3 Å². The largest absolute Gasteiger partial charge is 0.467 e. The SMILES string of the molecule is COC(=O)[C@H](C)NC(=O)c1cc2c(s1)CCCC2. The molecule has 0 fully saturated rings. The molecule has 0 unspecified atom stereocenters. The van der Waals surface area contributed by atoms with Crippen molar-refractivity contribution >= 4 is 23.2 Å². The summed E-state index contributed by atoms with van der Waals surface area (Å²) in [4.78, 5) is 25.2. The molecule has 0 saturated heterocycles. The van der Waals surface area contributed by atoms with Crippen LogP contribution in [0.2, 0.25) is 0 Å². The van der Waals surface area contributed by atoms with E-state index in [2.05, 4.69) is 10.1 Å². The predicted octanol–water partition coefficient (Wildman–Crippen LogP) is 1.92. The summed E-state index contributed by atoms with van der Waals surface area (Å²) in [5, 5.41) is 2.65. The zero-order chi connectivity index (χ0) is 13.1. The van der Waals surface area contributed by atoms with Gasteiger partial charge in [0.05, 0.1) is 12.0 Å². The third-order valence-electron chi connectivity index (χ3n) is 3.12. The lowest BCUT2D eigenvalue weighted by Gasteiger charge is -2.10. The van der Waals surface area contributed by atoms with Crippen LogP contribution in [0.5, 0.6) is 0 Å². The highest BCUT2D eigenvalue weighted by atomic mass is 32.1. The Balaban J connectivity index is 2.05. The van der Waals surface area contributed by atoms with E-state index < -0.39 is 12.0 Å². The molecule has 4 nitrogen and oxygen atoms in total. The summed E-state index contributed by atoms with van der Waals surface area (Å²) < 4.78 is 4.58. The average molecular weight is 267 g/mol. The van der Waals surface area contributed by atoms with Crippen molar-refractivity contribution in [2.45, 2.75) is 38.6 Å². The first-order valence-electron chi connectivity index (χ1n) is 6.12. The molecular formula is C13H17NO3S. The van der Waals surface area contributed by atoms with Crippen LogP contribution in [0.25, 0.3) is 0 Å². The zero-order valence-electron chi connectivity index (χ0n) is 10.6. The Kier molecular flexibility index (Phi) is 4.01. The van der Waals surface area contributed by atoms with E-state index in [0.717, 1.165) is 12.8 Å². The first-order chi connectivity index (χ1) is 8.61. The minimum Gasteiger partial charge on any atom is -0.467 e. The number of hydrogen-bond acceptors (Lipinski definition) is 4. The van der Waals surface area contributed by atoms with Gasteiger partial charge >= 0.3 is 5.97 Å². The molecule has 1 N–H and O–H groups in total. The van der Waals surface area contributed by atoms with E-state index in [9.17, 15) is 9.59 Å². The van der Waals surface area contributed by atoms with Crippen LogP contribution in [0.4, 0.5) is 0 Å². The lowest BCUT2D eigenvalue weighted by atomic mass is 9.99. The number of hydrogen-bond donors (Lipinski definition) is 1. The second kappa shape index (κ2) is 5.52. The Morgan fingerprint density at radius 2 is 2.11 bits per heavy atom. The van der Waals surface area contributed by atoms with Gasteiger partial charge in [-0.3, -0.25) is 4.79 Å². The van der Waals surface area contributed by atoms with Gasteiger partial charge in [0.1, 0.15) is 6.04 Å². The number of aryl methyl sites for hydroxylation is 2. The molecule has 5 heteroatoms.